The number of rotatable bonds is 2. The monoisotopic (exact) mass is 244 g/mol. The fourth-order valence-corrected chi connectivity index (χ4v) is 2.07. The van der Waals surface area contributed by atoms with Gasteiger partial charge >= 0.3 is 0 Å². The van der Waals surface area contributed by atoms with Crippen molar-refractivity contribution < 1.29 is 0 Å². The number of nitrogens with zero attached hydrogens (tertiary/aromatic N) is 3. The second-order valence-corrected chi connectivity index (χ2v) is 5.41. The van der Waals surface area contributed by atoms with E-state index in [2.05, 4.69) is 37.2 Å². The topological polar surface area (TPSA) is 56.7 Å². The van der Waals surface area contributed by atoms with E-state index in [-0.39, 0.29) is 5.41 Å². The Morgan fingerprint density at radius 1 is 1.33 bits per heavy atom. The molecule has 0 aliphatic heterocycles. The van der Waals surface area contributed by atoms with Crippen molar-refractivity contribution in [2.24, 2.45) is 0 Å². The van der Waals surface area contributed by atoms with Crippen LogP contribution in [0, 0.1) is 0 Å². The second kappa shape index (κ2) is 4.44. The highest BCUT2D eigenvalue weighted by molar-refractivity contribution is 5.70. The molecule has 0 unspecified atom stereocenters. The molecule has 18 heavy (non-hydrogen) atoms. The molecule has 0 aromatic carbocycles. The van der Waals surface area contributed by atoms with E-state index in [0.29, 0.717) is 0 Å². The van der Waals surface area contributed by atoms with Crippen molar-refractivity contribution in [3.63, 3.8) is 0 Å². The van der Waals surface area contributed by atoms with Gasteiger partial charge in [0, 0.05) is 29.9 Å². The summed E-state index contributed by atoms with van der Waals surface area (Å²) in [6.07, 6.45) is 3.55. The van der Waals surface area contributed by atoms with Gasteiger partial charge in [-0.25, -0.2) is 4.98 Å². The molecule has 96 valence electrons. The number of imidazole rings is 1. The van der Waals surface area contributed by atoms with Crippen molar-refractivity contribution in [3.8, 4) is 11.3 Å². The molecule has 2 rings (SSSR count). The summed E-state index contributed by atoms with van der Waals surface area (Å²) in [5.41, 5.74) is 7.99. The van der Waals surface area contributed by atoms with Crippen LogP contribution in [0.25, 0.3) is 11.3 Å². The first-order chi connectivity index (χ1) is 8.45. The number of pyridine rings is 1. The number of aromatic nitrogens is 3. The predicted octanol–water partition coefficient (Wildman–Crippen LogP) is 2.84. The average Bonchev–Trinajstić information content (AvgIpc) is 2.67. The summed E-state index contributed by atoms with van der Waals surface area (Å²) in [6.45, 7) is 9.35. The Bertz CT molecular complexity index is 535. The van der Waals surface area contributed by atoms with E-state index in [4.69, 9.17) is 10.7 Å². The maximum Gasteiger partial charge on any atom is 0.131 e. The molecule has 0 bridgehead atoms. The highest BCUT2D eigenvalue weighted by Crippen LogP contribution is 2.31. The van der Waals surface area contributed by atoms with Crippen molar-refractivity contribution in [3.05, 3.63) is 30.4 Å². The van der Waals surface area contributed by atoms with Crippen molar-refractivity contribution in [2.45, 2.75) is 39.7 Å². The van der Waals surface area contributed by atoms with Crippen LogP contribution in [0.1, 0.15) is 33.5 Å². The lowest BCUT2D eigenvalue weighted by Gasteiger charge is -2.19. The maximum absolute atomic E-state index is 6.22. The SMILES string of the molecule is CCn1c(C(C)(C)C)nc(-c2cccnc2)c1N. The summed E-state index contributed by atoms with van der Waals surface area (Å²) < 4.78 is 2.07. The minimum Gasteiger partial charge on any atom is -0.383 e. The van der Waals surface area contributed by atoms with Gasteiger partial charge in [0.2, 0.25) is 0 Å². The molecule has 2 aromatic heterocycles. The Morgan fingerprint density at radius 3 is 2.50 bits per heavy atom. The number of anilines is 1. The quantitative estimate of drug-likeness (QED) is 0.883. The highest BCUT2D eigenvalue weighted by atomic mass is 15.1. The minimum atomic E-state index is -0.0232. The predicted molar refractivity (Wildman–Crippen MR) is 74.2 cm³/mol. The fraction of sp³-hybridized carbons (Fsp3) is 0.429. The van der Waals surface area contributed by atoms with Crippen molar-refractivity contribution >= 4 is 5.82 Å². The molecule has 2 aromatic rings. The number of nitrogens with two attached hydrogens (primary N) is 1. The van der Waals surface area contributed by atoms with E-state index in [0.717, 1.165) is 29.4 Å². The van der Waals surface area contributed by atoms with Gasteiger partial charge in [0.15, 0.2) is 0 Å². The van der Waals surface area contributed by atoms with Crippen molar-refractivity contribution in [1.82, 2.24) is 14.5 Å². The van der Waals surface area contributed by atoms with Crippen LogP contribution in [0.2, 0.25) is 0 Å². The van der Waals surface area contributed by atoms with Gasteiger partial charge in [0.1, 0.15) is 17.3 Å². The maximum atomic E-state index is 6.22. The van der Waals surface area contributed by atoms with Crippen molar-refractivity contribution in [1.29, 1.82) is 0 Å². The molecular formula is C14H20N4. The summed E-state index contributed by atoms with van der Waals surface area (Å²) >= 11 is 0. The molecule has 4 nitrogen and oxygen atoms in total. The van der Waals surface area contributed by atoms with Gasteiger partial charge in [0.25, 0.3) is 0 Å². The zero-order chi connectivity index (χ0) is 13.3. The Balaban J connectivity index is 2.61. The van der Waals surface area contributed by atoms with Gasteiger partial charge < -0.3 is 10.3 Å². The Kier molecular flexibility index (Phi) is 3.11. The molecule has 2 heterocycles. The third kappa shape index (κ3) is 2.10. The molecule has 0 atom stereocenters. The van der Waals surface area contributed by atoms with Crippen LogP contribution in [0.4, 0.5) is 5.82 Å². The number of nitrogen functional groups attached to an aromatic ring is 1. The Labute approximate surface area is 108 Å². The third-order valence-electron chi connectivity index (χ3n) is 2.93. The normalized spacial score (nSPS) is 11.8. The minimum absolute atomic E-state index is 0.0232. The molecule has 0 spiro atoms. The summed E-state index contributed by atoms with van der Waals surface area (Å²) in [6, 6.07) is 3.88. The second-order valence-electron chi connectivity index (χ2n) is 5.41. The van der Waals surface area contributed by atoms with Crippen LogP contribution in [0.5, 0.6) is 0 Å². The number of hydrogen-bond acceptors (Lipinski definition) is 3. The summed E-state index contributed by atoms with van der Waals surface area (Å²) in [5, 5.41) is 0. The van der Waals surface area contributed by atoms with Crippen LogP contribution in [0.3, 0.4) is 0 Å². The molecule has 0 amide bonds. The van der Waals surface area contributed by atoms with Gasteiger partial charge in [-0.15, -0.1) is 0 Å². The zero-order valence-electron chi connectivity index (χ0n) is 11.4. The summed E-state index contributed by atoms with van der Waals surface area (Å²) in [5.74, 6) is 1.73. The Hall–Kier alpha value is -1.84. The molecule has 0 saturated heterocycles. The molecule has 0 radical (unpaired) electrons. The molecule has 4 heteroatoms. The smallest absolute Gasteiger partial charge is 0.131 e. The molecular weight excluding hydrogens is 224 g/mol. The van der Waals surface area contributed by atoms with Crippen molar-refractivity contribution in [2.75, 3.05) is 5.73 Å². The summed E-state index contributed by atoms with van der Waals surface area (Å²) in [7, 11) is 0. The number of hydrogen-bond donors (Lipinski definition) is 1. The van der Waals surface area contributed by atoms with Crippen LogP contribution in [0.15, 0.2) is 24.5 Å². The zero-order valence-corrected chi connectivity index (χ0v) is 11.4. The lowest BCUT2D eigenvalue weighted by atomic mass is 9.95. The average molecular weight is 244 g/mol. The molecule has 0 aliphatic rings. The van der Waals surface area contributed by atoms with Crippen LogP contribution < -0.4 is 5.73 Å². The van der Waals surface area contributed by atoms with E-state index >= 15 is 0 Å². The molecule has 0 fully saturated rings. The first kappa shape index (κ1) is 12.6. The lowest BCUT2D eigenvalue weighted by molar-refractivity contribution is 0.508. The van der Waals surface area contributed by atoms with Crippen LogP contribution in [-0.4, -0.2) is 14.5 Å². The van der Waals surface area contributed by atoms with Gasteiger partial charge in [-0.1, -0.05) is 20.8 Å². The van der Waals surface area contributed by atoms with E-state index in [1.165, 1.54) is 0 Å². The first-order valence-electron chi connectivity index (χ1n) is 6.22. The van der Waals surface area contributed by atoms with E-state index in [1.807, 2.05) is 12.1 Å². The molecule has 0 saturated carbocycles. The molecule has 2 N–H and O–H groups in total. The fourth-order valence-electron chi connectivity index (χ4n) is 2.07. The standard InChI is InChI=1S/C14H20N4/c1-5-18-12(15)11(10-7-6-8-16-9-10)17-13(18)14(2,3)4/h6-9H,5,15H2,1-4H3. The molecule has 0 aliphatic carbocycles. The van der Waals surface area contributed by atoms with Crippen LogP contribution >= 0.6 is 0 Å². The van der Waals surface area contributed by atoms with E-state index in [9.17, 15) is 0 Å². The Morgan fingerprint density at radius 2 is 2.06 bits per heavy atom. The van der Waals surface area contributed by atoms with Gasteiger partial charge in [-0.3, -0.25) is 4.98 Å². The summed E-state index contributed by atoms with van der Waals surface area (Å²) in [4.78, 5) is 8.84. The first-order valence-corrected chi connectivity index (χ1v) is 6.22. The largest absolute Gasteiger partial charge is 0.383 e. The van der Waals surface area contributed by atoms with Gasteiger partial charge in [0.05, 0.1) is 0 Å². The van der Waals surface area contributed by atoms with E-state index in [1.54, 1.807) is 12.4 Å². The highest BCUT2D eigenvalue weighted by Gasteiger charge is 2.24. The third-order valence-corrected chi connectivity index (χ3v) is 2.93. The van der Waals surface area contributed by atoms with Gasteiger partial charge in [-0.05, 0) is 19.1 Å². The van der Waals surface area contributed by atoms with Gasteiger partial charge in [-0.2, -0.15) is 0 Å². The lowest BCUT2D eigenvalue weighted by Crippen LogP contribution is -2.19. The van der Waals surface area contributed by atoms with E-state index < -0.39 is 0 Å². The van der Waals surface area contributed by atoms with Crippen LogP contribution in [-0.2, 0) is 12.0 Å².